The molecule has 1 fully saturated rings. The summed E-state index contributed by atoms with van der Waals surface area (Å²) in [4.78, 5) is 0. The summed E-state index contributed by atoms with van der Waals surface area (Å²) in [6, 6.07) is 19.1. The summed E-state index contributed by atoms with van der Waals surface area (Å²) in [5.74, 6) is 0. The first-order chi connectivity index (χ1) is 9.81. The average Bonchev–Trinajstić information content (AvgIpc) is 3.29. The van der Waals surface area contributed by atoms with Crippen molar-refractivity contribution in [3.63, 3.8) is 0 Å². The Morgan fingerprint density at radius 3 is 2.15 bits per heavy atom. The molecule has 0 bridgehead atoms. The van der Waals surface area contributed by atoms with Crippen LogP contribution in [0.3, 0.4) is 0 Å². The van der Waals surface area contributed by atoms with E-state index >= 15 is 0 Å². The Bertz CT molecular complexity index is 543. The van der Waals surface area contributed by atoms with E-state index in [1.807, 2.05) is 6.07 Å². The van der Waals surface area contributed by atoms with Crippen molar-refractivity contribution in [3.8, 4) is 11.1 Å². The quantitative estimate of drug-likeness (QED) is 0.842. The molecule has 0 aromatic heterocycles. The van der Waals surface area contributed by atoms with Crippen LogP contribution in [-0.4, -0.2) is 18.3 Å². The second-order valence-corrected chi connectivity index (χ2v) is 5.82. The first-order valence-electron chi connectivity index (χ1n) is 7.27. The summed E-state index contributed by atoms with van der Waals surface area (Å²) in [7, 11) is 0. The molecule has 1 aliphatic rings. The number of hydrogen-bond donors (Lipinski definition) is 2. The van der Waals surface area contributed by atoms with Gasteiger partial charge in [-0.25, -0.2) is 0 Å². The second-order valence-electron chi connectivity index (χ2n) is 5.82. The van der Waals surface area contributed by atoms with Crippen LogP contribution in [0.5, 0.6) is 0 Å². The molecule has 0 spiro atoms. The van der Waals surface area contributed by atoms with Crippen molar-refractivity contribution in [2.45, 2.75) is 19.4 Å². The van der Waals surface area contributed by atoms with Gasteiger partial charge in [0.25, 0.3) is 0 Å². The summed E-state index contributed by atoms with van der Waals surface area (Å²) >= 11 is 0. The van der Waals surface area contributed by atoms with Gasteiger partial charge in [0, 0.05) is 25.1 Å². The maximum atomic E-state index is 9.28. The van der Waals surface area contributed by atoms with Crippen LogP contribution in [0, 0.1) is 5.41 Å². The van der Waals surface area contributed by atoms with Crippen molar-refractivity contribution in [2.75, 3.05) is 13.2 Å². The second kappa shape index (κ2) is 5.78. The van der Waals surface area contributed by atoms with Crippen molar-refractivity contribution in [3.05, 3.63) is 60.2 Å². The summed E-state index contributed by atoms with van der Waals surface area (Å²) in [6.45, 7) is 2.10. The number of aliphatic hydroxyl groups excluding tert-OH is 1. The van der Waals surface area contributed by atoms with Crippen LogP contribution in [0.2, 0.25) is 0 Å². The van der Waals surface area contributed by atoms with Gasteiger partial charge in [0.15, 0.2) is 0 Å². The van der Waals surface area contributed by atoms with E-state index in [2.05, 4.69) is 53.8 Å². The molecule has 1 aliphatic carbocycles. The smallest absolute Gasteiger partial charge is 0.0499 e. The van der Waals surface area contributed by atoms with Crippen LogP contribution in [0.15, 0.2) is 54.6 Å². The molecule has 0 saturated heterocycles. The van der Waals surface area contributed by atoms with Crippen LogP contribution in [-0.2, 0) is 6.54 Å². The third-order valence-electron chi connectivity index (χ3n) is 4.18. The first kappa shape index (κ1) is 13.3. The fraction of sp³-hybridized carbons (Fsp3) is 0.333. The van der Waals surface area contributed by atoms with E-state index in [9.17, 15) is 5.11 Å². The third-order valence-corrected chi connectivity index (χ3v) is 4.18. The van der Waals surface area contributed by atoms with Crippen LogP contribution in [0.4, 0.5) is 0 Å². The molecule has 0 unspecified atom stereocenters. The summed E-state index contributed by atoms with van der Waals surface area (Å²) in [6.07, 6.45) is 2.31. The summed E-state index contributed by atoms with van der Waals surface area (Å²) < 4.78 is 0. The van der Waals surface area contributed by atoms with Crippen molar-refractivity contribution in [1.82, 2.24) is 5.32 Å². The van der Waals surface area contributed by atoms with Gasteiger partial charge in [0.1, 0.15) is 0 Å². The molecule has 0 aliphatic heterocycles. The maximum Gasteiger partial charge on any atom is 0.0499 e. The van der Waals surface area contributed by atoms with Gasteiger partial charge < -0.3 is 10.4 Å². The molecule has 1 saturated carbocycles. The highest BCUT2D eigenvalue weighted by atomic mass is 16.3. The highest BCUT2D eigenvalue weighted by molar-refractivity contribution is 5.63. The molecule has 2 aromatic rings. The number of benzene rings is 2. The Balaban J connectivity index is 1.56. The minimum Gasteiger partial charge on any atom is -0.396 e. The molecule has 0 atom stereocenters. The van der Waals surface area contributed by atoms with Gasteiger partial charge in [-0.2, -0.15) is 0 Å². The largest absolute Gasteiger partial charge is 0.396 e. The lowest BCUT2D eigenvalue weighted by Crippen LogP contribution is -2.26. The van der Waals surface area contributed by atoms with Crippen LogP contribution in [0.25, 0.3) is 11.1 Å². The molecule has 104 valence electrons. The topological polar surface area (TPSA) is 32.3 Å². The lowest BCUT2D eigenvalue weighted by molar-refractivity contribution is 0.207. The molecule has 0 amide bonds. The molecule has 0 radical (unpaired) electrons. The van der Waals surface area contributed by atoms with Crippen molar-refractivity contribution in [2.24, 2.45) is 5.41 Å². The molecule has 0 heterocycles. The van der Waals surface area contributed by atoms with Crippen molar-refractivity contribution >= 4 is 0 Å². The molecular formula is C18H21NO. The summed E-state index contributed by atoms with van der Waals surface area (Å²) in [5, 5.41) is 12.7. The molecule has 3 rings (SSSR count). The Morgan fingerprint density at radius 2 is 1.55 bits per heavy atom. The highest BCUT2D eigenvalue weighted by Crippen LogP contribution is 2.44. The van der Waals surface area contributed by atoms with Gasteiger partial charge >= 0.3 is 0 Å². The van der Waals surface area contributed by atoms with Crippen LogP contribution < -0.4 is 5.32 Å². The predicted molar refractivity (Wildman–Crippen MR) is 82.3 cm³/mol. The van der Waals surface area contributed by atoms with Crippen molar-refractivity contribution < 1.29 is 5.11 Å². The number of aliphatic hydroxyl groups is 1. The SMILES string of the molecule is OCC1(CNCc2ccc(-c3ccccc3)cc2)CC1. The Kier molecular flexibility index (Phi) is 3.86. The maximum absolute atomic E-state index is 9.28. The fourth-order valence-electron chi connectivity index (χ4n) is 2.49. The zero-order chi connectivity index (χ0) is 13.8. The van der Waals surface area contributed by atoms with E-state index in [0.717, 1.165) is 25.9 Å². The standard InChI is InChI=1S/C18H21NO/c20-14-18(10-11-18)13-19-12-15-6-8-17(9-7-15)16-4-2-1-3-5-16/h1-9,19-20H,10-14H2. The fourth-order valence-corrected chi connectivity index (χ4v) is 2.49. The number of nitrogens with one attached hydrogen (secondary N) is 1. The highest BCUT2D eigenvalue weighted by Gasteiger charge is 2.41. The first-order valence-corrected chi connectivity index (χ1v) is 7.27. The van der Waals surface area contributed by atoms with Gasteiger partial charge in [-0.15, -0.1) is 0 Å². The molecule has 20 heavy (non-hydrogen) atoms. The van der Waals surface area contributed by atoms with Gasteiger partial charge in [-0.1, -0.05) is 54.6 Å². The molecule has 2 N–H and O–H groups in total. The Morgan fingerprint density at radius 1 is 0.900 bits per heavy atom. The Hall–Kier alpha value is -1.64. The molecule has 2 nitrogen and oxygen atoms in total. The van der Waals surface area contributed by atoms with Gasteiger partial charge in [-0.3, -0.25) is 0 Å². The van der Waals surface area contributed by atoms with E-state index in [1.165, 1.54) is 16.7 Å². The van der Waals surface area contributed by atoms with E-state index in [1.54, 1.807) is 0 Å². The number of rotatable bonds is 6. The molecular weight excluding hydrogens is 246 g/mol. The predicted octanol–water partition coefficient (Wildman–Crippen LogP) is 3.22. The third kappa shape index (κ3) is 3.09. The minimum atomic E-state index is 0.185. The zero-order valence-electron chi connectivity index (χ0n) is 11.7. The lowest BCUT2D eigenvalue weighted by Gasteiger charge is -2.12. The summed E-state index contributed by atoms with van der Waals surface area (Å²) in [5.41, 5.74) is 3.98. The van der Waals surface area contributed by atoms with Crippen LogP contribution >= 0.6 is 0 Å². The Labute approximate surface area is 120 Å². The minimum absolute atomic E-state index is 0.185. The van der Waals surface area contributed by atoms with Crippen molar-refractivity contribution in [1.29, 1.82) is 0 Å². The molecule has 2 aromatic carbocycles. The van der Waals surface area contributed by atoms with E-state index < -0.39 is 0 Å². The van der Waals surface area contributed by atoms with Gasteiger partial charge in [-0.05, 0) is 29.5 Å². The lowest BCUT2D eigenvalue weighted by atomic mass is 10.0. The van der Waals surface area contributed by atoms with Gasteiger partial charge in [0.2, 0.25) is 0 Å². The van der Waals surface area contributed by atoms with Gasteiger partial charge in [0.05, 0.1) is 0 Å². The monoisotopic (exact) mass is 267 g/mol. The average molecular weight is 267 g/mol. The number of hydrogen-bond acceptors (Lipinski definition) is 2. The van der Waals surface area contributed by atoms with E-state index in [4.69, 9.17) is 0 Å². The van der Waals surface area contributed by atoms with E-state index in [0.29, 0.717) is 6.61 Å². The normalized spacial score (nSPS) is 16.1. The van der Waals surface area contributed by atoms with Crippen LogP contribution in [0.1, 0.15) is 18.4 Å². The zero-order valence-corrected chi connectivity index (χ0v) is 11.7. The molecule has 2 heteroatoms. The van der Waals surface area contributed by atoms with E-state index in [-0.39, 0.29) is 5.41 Å².